The van der Waals surface area contributed by atoms with Crippen molar-refractivity contribution < 1.29 is 117 Å². The van der Waals surface area contributed by atoms with E-state index in [1.165, 1.54) is 0 Å². The topological polar surface area (TPSA) is 335 Å². The summed E-state index contributed by atoms with van der Waals surface area (Å²) in [6, 6.07) is 23.5. The summed E-state index contributed by atoms with van der Waals surface area (Å²) in [5.41, 5.74) is 9.28. The van der Waals surface area contributed by atoms with Crippen molar-refractivity contribution in [2.45, 2.75) is 57.8 Å². The van der Waals surface area contributed by atoms with Crippen molar-refractivity contribution in [1.29, 1.82) is 0 Å². The van der Waals surface area contributed by atoms with Gasteiger partial charge < -0.3 is 82.4 Å². The van der Waals surface area contributed by atoms with Crippen LogP contribution in [0.3, 0.4) is 0 Å². The number of ether oxygens (including phenoxy) is 11. The third-order valence-electron chi connectivity index (χ3n) is 14.1. The van der Waals surface area contributed by atoms with E-state index in [1.807, 2.05) is 30.3 Å². The fourth-order valence-corrected chi connectivity index (χ4v) is 10.3. The largest absolute Gasteiger partial charge is 0.493 e. The van der Waals surface area contributed by atoms with Crippen LogP contribution in [0, 0.1) is 0 Å². The maximum Gasteiger partial charge on any atom is 0.341 e. The maximum absolute atomic E-state index is 12.0. The summed E-state index contributed by atoms with van der Waals surface area (Å²) in [6.07, 6.45) is 3.08. The van der Waals surface area contributed by atoms with Gasteiger partial charge in [0.1, 0.15) is 18.6 Å². The van der Waals surface area contributed by atoms with Crippen LogP contribution in [0.1, 0.15) is 86.0 Å². The highest BCUT2D eigenvalue weighted by atomic mass is 17.1. The minimum Gasteiger partial charge on any atom is -0.493 e. The summed E-state index contributed by atoms with van der Waals surface area (Å²) < 4.78 is 68.1. The Morgan fingerprint density at radius 1 is 0.345 bits per heavy atom. The smallest absolute Gasteiger partial charge is 0.341 e. The Labute approximate surface area is 497 Å². The Balaban J connectivity index is 0.00000173. The van der Waals surface area contributed by atoms with Gasteiger partial charge in [0.25, 0.3) is 0 Å². The lowest BCUT2D eigenvalue weighted by atomic mass is 9.94. The first kappa shape index (κ1) is 61.6. The molecule has 0 unspecified atom stereocenters. The molecule has 0 saturated carbocycles. The normalized spacial score (nSPS) is 14.0. The molecule has 0 fully saturated rings. The number of carboxylic acid groups (broad SMARTS) is 5. The molecule has 0 saturated heterocycles. The summed E-state index contributed by atoms with van der Waals surface area (Å²) in [5.74, 6) is -3.41. The van der Waals surface area contributed by atoms with E-state index in [0.29, 0.717) is 48.0 Å². The fraction of sp³-hybridized carbons (Fsp3) is 0.333. The fourth-order valence-electron chi connectivity index (χ4n) is 10.3. The summed E-state index contributed by atoms with van der Waals surface area (Å²) in [7, 11) is 0. The second-order valence-electron chi connectivity index (χ2n) is 20.4. The Morgan fingerprint density at radius 3 is 0.828 bits per heavy atom. The highest BCUT2D eigenvalue weighted by Crippen LogP contribution is 2.43. The first-order chi connectivity index (χ1) is 42.1. The predicted octanol–water partition coefficient (Wildman–Crippen LogP) is 7.02. The van der Waals surface area contributed by atoms with Crippen molar-refractivity contribution in [3.05, 3.63) is 146 Å². The molecule has 24 nitrogen and oxygen atoms in total. The van der Waals surface area contributed by atoms with Crippen LogP contribution < -0.4 is 52.1 Å². The Hall–Kier alpha value is -9.94. The van der Waals surface area contributed by atoms with Gasteiger partial charge in [-0.1, -0.05) is 6.07 Å². The van der Waals surface area contributed by atoms with Crippen LogP contribution in [-0.2, 0) is 72.2 Å². The zero-order valence-electron chi connectivity index (χ0n) is 47.0. The molecule has 458 valence electrons. The van der Waals surface area contributed by atoms with Gasteiger partial charge in [0.15, 0.2) is 90.5 Å². The molecule has 6 N–H and O–H groups in total. The van der Waals surface area contributed by atoms with Gasteiger partial charge in [0, 0.05) is 19.3 Å². The lowest BCUT2D eigenvalue weighted by Gasteiger charge is -2.20. The molecular weight excluding hydrogens is 1140 g/mol. The Morgan fingerprint density at radius 2 is 0.586 bits per heavy atom. The average Bonchev–Trinajstić information content (AvgIpc) is 2.05. The van der Waals surface area contributed by atoms with Crippen molar-refractivity contribution in [3.8, 4) is 63.2 Å². The van der Waals surface area contributed by atoms with E-state index in [4.69, 9.17) is 62.2 Å². The third kappa shape index (κ3) is 16.7. The van der Waals surface area contributed by atoms with Crippen molar-refractivity contribution >= 4 is 36.1 Å². The molecule has 18 bridgehead atoms. The van der Waals surface area contributed by atoms with Gasteiger partial charge >= 0.3 is 29.8 Å². The highest BCUT2D eigenvalue weighted by Gasteiger charge is 2.27. The summed E-state index contributed by atoms with van der Waals surface area (Å²) in [4.78, 5) is 72.4. The molecule has 20 rings (SSSR count). The molecule has 6 aromatic rings. The minimum atomic E-state index is -1.23. The van der Waals surface area contributed by atoms with Crippen molar-refractivity contribution in [3.63, 3.8) is 0 Å². The van der Waals surface area contributed by atoms with E-state index < -0.39 is 62.9 Å². The number of hydrogen-bond acceptors (Lipinski definition) is 19. The molecule has 87 heavy (non-hydrogen) atoms. The van der Waals surface area contributed by atoms with Gasteiger partial charge in [-0.05, 0) is 178 Å². The van der Waals surface area contributed by atoms with Crippen LogP contribution in [0.15, 0.2) is 78.9 Å². The first-order valence-electron chi connectivity index (χ1n) is 27.7. The Kier molecular flexibility index (Phi) is 20.7. The molecular formula is C63H62O24. The standard InChI is InChI=1S/C61H58O21.C2H4O3/c62-57(63)29-78-52-24-37-13-35-18-46-5-4-34(35)12-36-19-47-53(79-30-58(64)65)25-42(36)14-38(37)20-49(52)75-10-3-11-77-51-22-40-16-43-26-54(80-31-59(66)67)48(73-7-1-6-72-46)21-39(43)15-44-27-55(81-32-60(68)69)50(76-9-2-8-74-47)23-41(44)17-45(40)28-56(51)82-33-61(70)71;3-1-2-5-4/h4-5,18-28H,1-3,6-17,29-33H2,(H,62,63)(H,64,65)(H,66,67)(H,68,69)(H,70,71);1,4H,2H2. The molecule has 0 amide bonds. The van der Waals surface area contributed by atoms with Gasteiger partial charge in [0.05, 0.1) is 39.6 Å². The number of aliphatic carboxylic acids is 5. The predicted molar refractivity (Wildman–Crippen MR) is 303 cm³/mol. The molecule has 0 spiro atoms. The van der Waals surface area contributed by atoms with Crippen molar-refractivity contribution in [1.82, 2.24) is 0 Å². The summed E-state index contributed by atoms with van der Waals surface area (Å²) in [6.45, 7) is -3.10. The van der Waals surface area contributed by atoms with Gasteiger partial charge in [-0.25, -0.2) is 28.9 Å². The van der Waals surface area contributed by atoms with Crippen molar-refractivity contribution in [2.75, 3.05) is 79.3 Å². The number of carboxylic acids is 5. The van der Waals surface area contributed by atoms with Gasteiger partial charge in [-0.15, -0.1) is 0 Å². The molecule has 14 aliphatic rings. The van der Waals surface area contributed by atoms with E-state index >= 15 is 0 Å². The average molecular weight is 1200 g/mol. The molecule has 0 aromatic heterocycles. The third-order valence-corrected chi connectivity index (χ3v) is 14.1. The Bertz CT molecular complexity index is 3510. The number of carbonyl (C=O) groups excluding carboxylic acids is 1. The van der Waals surface area contributed by atoms with E-state index in [1.54, 1.807) is 48.5 Å². The number of benzene rings is 6. The van der Waals surface area contributed by atoms with Crippen LogP contribution in [0.25, 0.3) is 0 Å². The maximum atomic E-state index is 12.0. The van der Waals surface area contributed by atoms with Crippen molar-refractivity contribution in [2.24, 2.45) is 0 Å². The molecule has 0 radical (unpaired) electrons. The SMILES string of the molecule is O=C(O)COc1cc2c3cc1OCCCOc1ccc4c(c1)Cc1cc(OCC(=O)O)c5cc1Cc1cc(OCC(=O)O)c(cc1C4)OCCCOc1cc(c(cc1OCC(=O)O)C3)Cc1cc(OCC(=O)O)c(cc1C2)OCCCO5.O=CCOO. The zero-order chi connectivity index (χ0) is 61.4. The number of rotatable bonds is 17. The molecule has 24 heteroatoms. The first-order valence-corrected chi connectivity index (χ1v) is 27.7. The second-order valence-corrected chi connectivity index (χ2v) is 20.4. The molecule has 12 heterocycles. The van der Waals surface area contributed by atoms with Crippen LogP contribution in [0.2, 0.25) is 0 Å². The monoisotopic (exact) mass is 1200 g/mol. The zero-order valence-corrected chi connectivity index (χ0v) is 47.0. The number of hydrogen-bond donors (Lipinski definition) is 6. The van der Waals surface area contributed by atoms with Gasteiger partial charge in [-0.3, -0.25) is 5.26 Å². The minimum absolute atomic E-state index is 0.0314. The lowest BCUT2D eigenvalue weighted by Crippen LogP contribution is -2.14. The molecule has 12 aliphatic heterocycles. The number of aldehydes is 1. The quantitative estimate of drug-likeness (QED) is 0.0303. The van der Waals surface area contributed by atoms with E-state index in [0.717, 1.165) is 50.1 Å². The van der Waals surface area contributed by atoms with Crippen LogP contribution in [-0.4, -0.2) is 146 Å². The van der Waals surface area contributed by atoms with Crippen LogP contribution in [0.4, 0.5) is 0 Å². The van der Waals surface area contributed by atoms with Gasteiger partial charge in [0.2, 0.25) is 0 Å². The van der Waals surface area contributed by atoms with Crippen LogP contribution in [0.5, 0.6) is 63.2 Å². The van der Waals surface area contributed by atoms with E-state index in [-0.39, 0.29) is 142 Å². The second kappa shape index (κ2) is 29.2. The summed E-state index contributed by atoms with van der Waals surface area (Å²) >= 11 is 0. The summed E-state index contributed by atoms with van der Waals surface area (Å²) in [5, 5.41) is 56.3. The highest BCUT2D eigenvalue weighted by molar-refractivity contribution is 5.71. The van der Waals surface area contributed by atoms with Crippen LogP contribution >= 0.6 is 0 Å². The molecule has 0 atom stereocenters. The lowest BCUT2D eigenvalue weighted by molar-refractivity contribution is -0.234. The van der Waals surface area contributed by atoms with E-state index in [9.17, 15) is 49.5 Å². The number of carbonyl (C=O) groups is 6. The van der Waals surface area contributed by atoms with Gasteiger partial charge in [-0.2, -0.15) is 0 Å². The molecule has 2 aliphatic carbocycles. The van der Waals surface area contributed by atoms with E-state index in [2.05, 4.69) is 4.89 Å². The molecule has 6 aromatic carbocycles.